The summed E-state index contributed by atoms with van der Waals surface area (Å²) in [5.74, 6) is 0.662. The number of benzene rings is 1. The number of pyridine rings is 1. The average molecular weight is 376 g/mol. The molecule has 0 saturated carbocycles. The zero-order chi connectivity index (χ0) is 15.9. The van der Waals surface area contributed by atoms with Crippen LogP contribution in [0.15, 0.2) is 41.6 Å². The average Bonchev–Trinajstić information content (AvgIpc) is 2.49. The molecule has 1 aromatic carbocycles. The van der Waals surface area contributed by atoms with Crippen LogP contribution in [0.3, 0.4) is 0 Å². The number of amides is 1. The maximum atomic E-state index is 11.8. The number of rotatable bonds is 6. The summed E-state index contributed by atoms with van der Waals surface area (Å²) in [4.78, 5) is 16.5. The molecule has 7 heteroatoms. The van der Waals surface area contributed by atoms with Crippen LogP contribution >= 0.6 is 46.6 Å². The van der Waals surface area contributed by atoms with Crippen LogP contribution in [0.25, 0.3) is 0 Å². The van der Waals surface area contributed by atoms with E-state index < -0.39 is 0 Å². The number of aromatic nitrogens is 1. The van der Waals surface area contributed by atoms with Gasteiger partial charge in [0.25, 0.3) is 5.91 Å². The molecular formula is C15H13Cl3N2OS. The van der Waals surface area contributed by atoms with Crippen molar-refractivity contribution in [3.05, 3.63) is 57.3 Å². The van der Waals surface area contributed by atoms with Gasteiger partial charge in [-0.2, -0.15) is 0 Å². The molecule has 0 spiro atoms. The van der Waals surface area contributed by atoms with Gasteiger partial charge in [-0.1, -0.05) is 34.8 Å². The molecule has 3 nitrogen and oxygen atoms in total. The Kier molecular flexibility index (Phi) is 6.83. The predicted octanol–water partition coefficient (Wildman–Crippen LogP) is 4.95. The Morgan fingerprint density at radius 1 is 1.23 bits per heavy atom. The molecule has 0 aliphatic rings. The molecule has 1 N–H and O–H groups in total. The van der Waals surface area contributed by atoms with Crippen LogP contribution in [-0.2, 0) is 0 Å². The van der Waals surface area contributed by atoms with Gasteiger partial charge in [0.05, 0.1) is 15.6 Å². The number of halogens is 3. The molecule has 0 radical (unpaired) electrons. The molecule has 1 amide bonds. The van der Waals surface area contributed by atoms with E-state index in [4.69, 9.17) is 34.8 Å². The Hall–Kier alpha value is -0.940. The van der Waals surface area contributed by atoms with Gasteiger partial charge in [0.2, 0.25) is 0 Å². The van der Waals surface area contributed by atoms with Crippen molar-refractivity contribution >= 4 is 52.5 Å². The highest BCUT2D eigenvalue weighted by atomic mass is 35.5. The zero-order valence-corrected chi connectivity index (χ0v) is 14.6. The Bertz CT molecular complexity index is 629. The number of carbonyl (C=O) groups excluding carboxylic acids is 1. The fraction of sp³-hybridized carbons (Fsp3) is 0.200. The fourth-order valence-corrected chi connectivity index (χ4v) is 3.75. The van der Waals surface area contributed by atoms with Crippen LogP contribution < -0.4 is 5.32 Å². The Labute approximate surface area is 148 Å². The van der Waals surface area contributed by atoms with Crippen LogP contribution in [0.2, 0.25) is 15.1 Å². The Morgan fingerprint density at radius 3 is 2.59 bits per heavy atom. The largest absolute Gasteiger partial charge is 0.352 e. The van der Waals surface area contributed by atoms with E-state index in [1.54, 1.807) is 42.2 Å². The maximum Gasteiger partial charge on any atom is 0.252 e. The van der Waals surface area contributed by atoms with E-state index in [9.17, 15) is 4.79 Å². The summed E-state index contributed by atoms with van der Waals surface area (Å²) in [5, 5.41) is 4.45. The molecule has 0 atom stereocenters. The smallest absolute Gasteiger partial charge is 0.252 e. The summed E-state index contributed by atoms with van der Waals surface area (Å²) >= 11 is 19.6. The predicted molar refractivity (Wildman–Crippen MR) is 93.4 cm³/mol. The van der Waals surface area contributed by atoms with E-state index in [2.05, 4.69) is 10.3 Å². The number of nitrogens with one attached hydrogen (secondary N) is 1. The van der Waals surface area contributed by atoms with Gasteiger partial charge in [-0.25, -0.2) is 0 Å². The molecule has 0 bridgehead atoms. The molecule has 2 aromatic rings. The van der Waals surface area contributed by atoms with Gasteiger partial charge in [-0.05, 0) is 36.4 Å². The van der Waals surface area contributed by atoms with Crippen LogP contribution in [0.4, 0.5) is 0 Å². The lowest BCUT2D eigenvalue weighted by Crippen LogP contribution is -2.24. The minimum atomic E-state index is -0.124. The van der Waals surface area contributed by atoms with E-state index in [1.807, 2.05) is 0 Å². The molecule has 1 aromatic heterocycles. The molecule has 1 heterocycles. The first kappa shape index (κ1) is 17.4. The first-order chi connectivity index (χ1) is 10.6. The van der Waals surface area contributed by atoms with Gasteiger partial charge in [0.1, 0.15) is 0 Å². The van der Waals surface area contributed by atoms with Crippen molar-refractivity contribution < 1.29 is 4.79 Å². The normalized spacial score (nSPS) is 10.5. The first-order valence-corrected chi connectivity index (χ1v) is 8.65. The molecular weight excluding hydrogens is 363 g/mol. The van der Waals surface area contributed by atoms with E-state index in [0.29, 0.717) is 27.2 Å². The number of hydrogen-bond acceptors (Lipinski definition) is 3. The van der Waals surface area contributed by atoms with E-state index in [-0.39, 0.29) is 5.91 Å². The van der Waals surface area contributed by atoms with Crippen molar-refractivity contribution in [1.82, 2.24) is 10.3 Å². The lowest BCUT2D eigenvalue weighted by Gasteiger charge is -2.08. The molecule has 0 unspecified atom stereocenters. The lowest BCUT2D eigenvalue weighted by atomic mass is 10.2. The highest BCUT2D eigenvalue weighted by Crippen LogP contribution is 2.36. The third-order valence-corrected chi connectivity index (χ3v) is 5.00. The molecule has 0 aliphatic heterocycles. The first-order valence-electron chi connectivity index (χ1n) is 6.53. The fourth-order valence-electron chi connectivity index (χ4n) is 1.71. The van der Waals surface area contributed by atoms with Gasteiger partial charge in [0.15, 0.2) is 0 Å². The summed E-state index contributed by atoms with van der Waals surface area (Å²) in [6.07, 6.45) is 3.97. The van der Waals surface area contributed by atoms with Crippen molar-refractivity contribution in [2.75, 3.05) is 12.3 Å². The molecule has 0 aliphatic carbocycles. The number of carbonyl (C=O) groups is 1. The van der Waals surface area contributed by atoms with Gasteiger partial charge in [-0.3, -0.25) is 9.78 Å². The molecule has 0 saturated heterocycles. The minimum Gasteiger partial charge on any atom is -0.352 e. The van der Waals surface area contributed by atoms with Crippen LogP contribution in [0, 0.1) is 0 Å². The van der Waals surface area contributed by atoms with E-state index in [0.717, 1.165) is 17.1 Å². The van der Waals surface area contributed by atoms with Crippen LogP contribution in [0.5, 0.6) is 0 Å². The number of nitrogens with zero attached hydrogens (tertiary/aromatic N) is 1. The minimum absolute atomic E-state index is 0.124. The summed E-state index contributed by atoms with van der Waals surface area (Å²) in [7, 11) is 0. The molecule has 22 heavy (non-hydrogen) atoms. The van der Waals surface area contributed by atoms with E-state index in [1.165, 1.54) is 6.20 Å². The molecule has 116 valence electrons. The summed E-state index contributed by atoms with van der Waals surface area (Å²) < 4.78 is 0. The quantitative estimate of drug-likeness (QED) is 0.573. The summed E-state index contributed by atoms with van der Waals surface area (Å²) in [6.45, 7) is 0.573. The highest BCUT2D eigenvalue weighted by Gasteiger charge is 2.08. The van der Waals surface area contributed by atoms with Crippen LogP contribution in [-0.4, -0.2) is 23.2 Å². The number of thioether (sulfide) groups is 1. The molecule has 0 fully saturated rings. The second kappa shape index (κ2) is 8.63. The third kappa shape index (κ3) is 5.06. The van der Waals surface area contributed by atoms with Gasteiger partial charge < -0.3 is 5.32 Å². The van der Waals surface area contributed by atoms with Gasteiger partial charge >= 0.3 is 0 Å². The third-order valence-electron chi connectivity index (χ3n) is 2.74. The van der Waals surface area contributed by atoms with Gasteiger partial charge in [0, 0.05) is 28.9 Å². The second-order valence-electron chi connectivity index (χ2n) is 4.40. The summed E-state index contributed by atoms with van der Waals surface area (Å²) in [6, 6.07) is 6.79. The van der Waals surface area contributed by atoms with Gasteiger partial charge in [-0.15, -0.1) is 11.8 Å². The molecule has 2 rings (SSSR count). The summed E-state index contributed by atoms with van der Waals surface area (Å²) in [5.41, 5.74) is 0.555. The topological polar surface area (TPSA) is 42.0 Å². The Balaban J connectivity index is 1.75. The van der Waals surface area contributed by atoms with Crippen molar-refractivity contribution in [1.29, 1.82) is 0 Å². The van der Waals surface area contributed by atoms with E-state index >= 15 is 0 Å². The van der Waals surface area contributed by atoms with Crippen LogP contribution in [0.1, 0.15) is 16.8 Å². The second-order valence-corrected chi connectivity index (χ2v) is 6.75. The highest BCUT2D eigenvalue weighted by molar-refractivity contribution is 7.99. The SMILES string of the molecule is O=C(NCCCSc1c(Cl)cc(Cl)cc1Cl)c1cccnc1. The number of hydrogen-bond donors (Lipinski definition) is 1. The van der Waals surface area contributed by atoms with Crippen molar-refractivity contribution in [3.63, 3.8) is 0 Å². The van der Waals surface area contributed by atoms with Crippen molar-refractivity contribution in [3.8, 4) is 0 Å². The maximum absolute atomic E-state index is 11.8. The monoisotopic (exact) mass is 374 g/mol. The van der Waals surface area contributed by atoms with Crippen molar-refractivity contribution in [2.45, 2.75) is 11.3 Å². The standard InChI is InChI=1S/C15H13Cl3N2OS/c16-11-7-12(17)14(13(18)8-11)22-6-2-5-20-15(21)10-3-1-4-19-9-10/h1,3-4,7-9H,2,5-6H2,(H,20,21). The zero-order valence-electron chi connectivity index (χ0n) is 11.5. The van der Waals surface area contributed by atoms with Crippen molar-refractivity contribution in [2.24, 2.45) is 0 Å². The lowest BCUT2D eigenvalue weighted by molar-refractivity contribution is 0.0953. The Morgan fingerprint density at radius 2 is 1.95 bits per heavy atom.